The van der Waals surface area contributed by atoms with Crippen molar-refractivity contribution < 1.29 is 4.79 Å². The van der Waals surface area contributed by atoms with Gasteiger partial charge in [0.2, 0.25) is 5.91 Å². The van der Waals surface area contributed by atoms with E-state index >= 15 is 0 Å². The molecule has 2 aromatic heterocycles. The average molecular weight is 339 g/mol. The highest BCUT2D eigenvalue weighted by Crippen LogP contribution is 2.21. The Labute approximate surface area is 143 Å². The fourth-order valence-electron chi connectivity index (χ4n) is 2.26. The summed E-state index contributed by atoms with van der Waals surface area (Å²) in [4.78, 5) is 28.0. The molecule has 0 saturated heterocycles. The first kappa shape index (κ1) is 16.1. The second-order valence-electron chi connectivity index (χ2n) is 5.25. The molecule has 0 fully saturated rings. The Bertz CT molecular complexity index is 871. The van der Waals surface area contributed by atoms with Gasteiger partial charge < -0.3 is 9.88 Å². The average Bonchev–Trinajstić information content (AvgIpc) is 3.09. The second-order valence-corrected chi connectivity index (χ2v) is 6.19. The molecule has 0 bridgehead atoms. The van der Waals surface area contributed by atoms with E-state index in [-0.39, 0.29) is 17.9 Å². The van der Waals surface area contributed by atoms with Crippen LogP contribution < -0.4 is 10.9 Å². The molecule has 0 spiro atoms. The number of rotatable bonds is 6. The summed E-state index contributed by atoms with van der Waals surface area (Å²) < 4.78 is 1.52. The van der Waals surface area contributed by atoms with Crippen LogP contribution in [-0.4, -0.2) is 15.5 Å². The Morgan fingerprint density at radius 3 is 2.71 bits per heavy atom. The molecule has 1 amide bonds. The molecular weight excluding hydrogens is 322 g/mol. The van der Waals surface area contributed by atoms with Gasteiger partial charge in [0.05, 0.1) is 12.2 Å². The van der Waals surface area contributed by atoms with Crippen molar-refractivity contribution in [2.45, 2.75) is 19.5 Å². The third kappa shape index (κ3) is 4.17. The zero-order chi connectivity index (χ0) is 16.8. The van der Waals surface area contributed by atoms with Gasteiger partial charge in [0.25, 0.3) is 5.56 Å². The number of carbonyl (C=O) groups is 1. The first-order chi connectivity index (χ1) is 11.7. The van der Waals surface area contributed by atoms with Crippen molar-refractivity contribution in [1.29, 1.82) is 0 Å². The number of carbonyl (C=O) groups excluding carboxylic acids is 1. The normalized spacial score (nSPS) is 10.5. The smallest absolute Gasteiger partial charge is 0.250 e. The van der Waals surface area contributed by atoms with Crippen LogP contribution in [0.1, 0.15) is 11.4 Å². The number of nitrogens with one attached hydrogen (secondary N) is 1. The van der Waals surface area contributed by atoms with Crippen LogP contribution in [0.4, 0.5) is 0 Å². The number of aryl methyl sites for hydroxylation is 1. The lowest BCUT2D eigenvalue weighted by atomic mass is 10.2. The molecule has 3 aromatic rings. The highest BCUT2D eigenvalue weighted by Gasteiger charge is 2.07. The van der Waals surface area contributed by atoms with Gasteiger partial charge in [-0.2, -0.15) is 0 Å². The van der Waals surface area contributed by atoms with E-state index in [0.717, 1.165) is 16.3 Å². The van der Waals surface area contributed by atoms with Crippen LogP contribution in [-0.2, 0) is 17.9 Å². The molecule has 6 heteroatoms. The van der Waals surface area contributed by atoms with Crippen molar-refractivity contribution in [1.82, 2.24) is 14.9 Å². The quantitative estimate of drug-likeness (QED) is 0.751. The van der Waals surface area contributed by atoms with Gasteiger partial charge in [-0.15, -0.1) is 11.3 Å². The van der Waals surface area contributed by atoms with Crippen LogP contribution in [0.5, 0.6) is 0 Å². The van der Waals surface area contributed by atoms with Gasteiger partial charge in [-0.3, -0.25) is 9.59 Å². The van der Waals surface area contributed by atoms with Crippen molar-refractivity contribution >= 4 is 17.2 Å². The van der Waals surface area contributed by atoms with Crippen LogP contribution in [0.3, 0.4) is 0 Å². The van der Waals surface area contributed by atoms with Gasteiger partial charge in [-0.25, -0.2) is 4.98 Å². The summed E-state index contributed by atoms with van der Waals surface area (Å²) in [5.41, 5.74) is 1.88. The maximum atomic E-state index is 11.9. The zero-order valence-electron chi connectivity index (χ0n) is 13.0. The topological polar surface area (TPSA) is 64.0 Å². The Kier molecular flexibility index (Phi) is 5.18. The minimum absolute atomic E-state index is 0.0952. The molecule has 122 valence electrons. The first-order valence-corrected chi connectivity index (χ1v) is 8.52. The lowest BCUT2D eigenvalue weighted by Crippen LogP contribution is -2.26. The van der Waals surface area contributed by atoms with E-state index in [1.54, 1.807) is 18.3 Å². The molecule has 0 atom stereocenters. The molecule has 0 radical (unpaired) electrons. The molecule has 2 heterocycles. The van der Waals surface area contributed by atoms with E-state index in [0.29, 0.717) is 13.1 Å². The number of benzene rings is 1. The third-order valence-electron chi connectivity index (χ3n) is 3.54. The van der Waals surface area contributed by atoms with Crippen molar-refractivity contribution in [2.24, 2.45) is 0 Å². The fraction of sp³-hybridized carbons (Fsp3) is 0.167. The SMILES string of the molecule is O=C(CCn1ccccc1=O)NCc1nc(-c2ccccc2)cs1. The minimum atomic E-state index is -0.0993. The Hall–Kier alpha value is -2.73. The van der Waals surface area contributed by atoms with Gasteiger partial charge in [0.15, 0.2) is 0 Å². The van der Waals surface area contributed by atoms with Gasteiger partial charge in [-0.1, -0.05) is 36.4 Å². The predicted molar refractivity (Wildman–Crippen MR) is 94.7 cm³/mol. The molecule has 5 nitrogen and oxygen atoms in total. The molecule has 3 rings (SSSR count). The third-order valence-corrected chi connectivity index (χ3v) is 4.39. The lowest BCUT2D eigenvalue weighted by Gasteiger charge is -2.05. The molecule has 1 aromatic carbocycles. The van der Waals surface area contributed by atoms with Crippen LogP contribution >= 0.6 is 11.3 Å². The van der Waals surface area contributed by atoms with Crippen molar-refractivity contribution in [3.63, 3.8) is 0 Å². The lowest BCUT2D eigenvalue weighted by molar-refractivity contribution is -0.121. The zero-order valence-corrected chi connectivity index (χ0v) is 13.8. The van der Waals surface area contributed by atoms with Gasteiger partial charge in [0.1, 0.15) is 5.01 Å². The van der Waals surface area contributed by atoms with E-state index in [1.807, 2.05) is 35.7 Å². The summed E-state index contributed by atoms with van der Waals surface area (Å²) in [6.45, 7) is 0.776. The maximum Gasteiger partial charge on any atom is 0.250 e. The van der Waals surface area contributed by atoms with Gasteiger partial charge in [-0.05, 0) is 6.07 Å². The summed E-state index contributed by atoms with van der Waals surface area (Å²) in [5.74, 6) is -0.0952. The second kappa shape index (κ2) is 7.70. The van der Waals surface area contributed by atoms with Crippen LogP contribution in [0.25, 0.3) is 11.3 Å². The summed E-state index contributed by atoms with van der Waals surface area (Å²) in [6, 6.07) is 14.9. The Balaban J connectivity index is 1.51. The summed E-state index contributed by atoms with van der Waals surface area (Å²) >= 11 is 1.52. The molecule has 0 aliphatic carbocycles. The highest BCUT2D eigenvalue weighted by molar-refractivity contribution is 7.09. The van der Waals surface area contributed by atoms with E-state index in [4.69, 9.17) is 0 Å². The molecule has 0 aliphatic rings. The first-order valence-electron chi connectivity index (χ1n) is 7.64. The predicted octanol–water partition coefficient (Wildman–Crippen LogP) is 2.68. The molecule has 1 N–H and O–H groups in total. The number of hydrogen-bond acceptors (Lipinski definition) is 4. The molecular formula is C18H17N3O2S. The fourth-order valence-corrected chi connectivity index (χ4v) is 3.01. The van der Waals surface area contributed by atoms with Crippen molar-refractivity contribution in [3.05, 3.63) is 75.5 Å². The molecule has 0 saturated carbocycles. The summed E-state index contributed by atoms with van der Waals surface area (Å²) in [7, 11) is 0. The minimum Gasteiger partial charge on any atom is -0.350 e. The number of pyridine rings is 1. The molecule has 0 unspecified atom stereocenters. The number of thiazole rings is 1. The number of amides is 1. The monoisotopic (exact) mass is 339 g/mol. The number of aromatic nitrogens is 2. The van der Waals surface area contributed by atoms with Gasteiger partial charge >= 0.3 is 0 Å². The van der Waals surface area contributed by atoms with Crippen LogP contribution in [0, 0.1) is 0 Å². The van der Waals surface area contributed by atoms with E-state index in [9.17, 15) is 9.59 Å². The van der Waals surface area contributed by atoms with Crippen molar-refractivity contribution in [3.8, 4) is 11.3 Å². The maximum absolute atomic E-state index is 11.9. The van der Waals surface area contributed by atoms with E-state index in [1.165, 1.54) is 22.0 Å². The van der Waals surface area contributed by atoms with Gasteiger partial charge in [0, 0.05) is 36.2 Å². The molecule has 0 aliphatic heterocycles. The van der Waals surface area contributed by atoms with E-state index < -0.39 is 0 Å². The number of hydrogen-bond donors (Lipinski definition) is 1. The summed E-state index contributed by atoms with van der Waals surface area (Å²) in [6.07, 6.45) is 1.95. The Morgan fingerprint density at radius 1 is 1.12 bits per heavy atom. The van der Waals surface area contributed by atoms with Crippen LogP contribution in [0.15, 0.2) is 64.9 Å². The number of nitrogens with zero attached hydrogens (tertiary/aromatic N) is 2. The summed E-state index contributed by atoms with van der Waals surface area (Å²) in [5, 5.41) is 5.69. The van der Waals surface area contributed by atoms with Crippen molar-refractivity contribution in [2.75, 3.05) is 0 Å². The highest BCUT2D eigenvalue weighted by atomic mass is 32.1. The molecule has 24 heavy (non-hydrogen) atoms. The Morgan fingerprint density at radius 2 is 1.92 bits per heavy atom. The standard InChI is InChI=1S/C18H17N3O2S/c22-16(9-11-21-10-5-4-8-18(21)23)19-12-17-20-15(13-24-17)14-6-2-1-3-7-14/h1-8,10,13H,9,11-12H2,(H,19,22). The largest absolute Gasteiger partial charge is 0.350 e. The van der Waals surface area contributed by atoms with E-state index in [2.05, 4.69) is 10.3 Å². The van der Waals surface area contributed by atoms with Crippen LogP contribution in [0.2, 0.25) is 0 Å².